The zero-order valence-corrected chi connectivity index (χ0v) is 17.0. The molecule has 0 radical (unpaired) electrons. The van der Waals surface area contributed by atoms with Crippen molar-refractivity contribution >= 4 is 17.8 Å². The Morgan fingerprint density at radius 2 is 1.79 bits per heavy atom. The Hall–Kier alpha value is -2.87. The van der Waals surface area contributed by atoms with Gasteiger partial charge in [0.1, 0.15) is 17.9 Å². The molecule has 0 saturated carbocycles. The molecule has 0 bridgehead atoms. The molecule has 1 aromatic carbocycles. The third-order valence-electron chi connectivity index (χ3n) is 4.24. The molecule has 8 heteroatoms. The Morgan fingerprint density at radius 1 is 1.17 bits per heavy atom. The fourth-order valence-corrected chi connectivity index (χ4v) is 2.81. The number of benzene rings is 1. The van der Waals surface area contributed by atoms with E-state index < -0.39 is 29.9 Å². The summed E-state index contributed by atoms with van der Waals surface area (Å²) in [5.74, 6) is -3.05. The highest BCUT2D eigenvalue weighted by atomic mass is 16.5. The van der Waals surface area contributed by atoms with Crippen LogP contribution in [-0.2, 0) is 32.3 Å². The average molecular weight is 404 g/mol. The third-order valence-corrected chi connectivity index (χ3v) is 4.24. The van der Waals surface area contributed by atoms with Crippen LogP contribution in [0.4, 0.5) is 0 Å². The van der Waals surface area contributed by atoms with Crippen molar-refractivity contribution in [2.75, 3.05) is 19.7 Å². The number of aliphatic hydroxyl groups excluding tert-OH is 1. The Kier molecular flexibility index (Phi) is 7.39. The van der Waals surface area contributed by atoms with Crippen molar-refractivity contribution in [2.45, 2.75) is 40.3 Å². The first kappa shape index (κ1) is 22.4. The second kappa shape index (κ2) is 9.56. The van der Waals surface area contributed by atoms with Crippen LogP contribution in [0.5, 0.6) is 0 Å². The van der Waals surface area contributed by atoms with Gasteiger partial charge in [-0.1, -0.05) is 45.0 Å². The van der Waals surface area contributed by atoms with Crippen LogP contribution >= 0.6 is 0 Å². The van der Waals surface area contributed by atoms with Crippen molar-refractivity contribution in [3.63, 3.8) is 0 Å². The molecule has 0 saturated heterocycles. The molecule has 158 valence electrons. The molecule has 1 aliphatic heterocycles. The number of carbonyl (C=O) groups excluding carboxylic acids is 2. The standard InChI is InChI=1S/C21H28N2O6/c1-21(2,3)13-29-12-15-6-4-14(5-7-15)11-23-9-8-16(24)18(20(23)28)19(27)22-10-17(25)26/h4-7,24H,8-13H2,1-3H3,(H,22,27)(H,25,26). The largest absolute Gasteiger partial charge is 0.511 e. The monoisotopic (exact) mass is 404 g/mol. The topological polar surface area (TPSA) is 116 Å². The zero-order valence-electron chi connectivity index (χ0n) is 17.0. The summed E-state index contributed by atoms with van der Waals surface area (Å²) in [6, 6.07) is 7.65. The van der Waals surface area contributed by atoms with Crippen molar-refractivity contribution in [1.29, 1.82) is 0 Å². The maximum absolute atomic E-state index is 12.6. The number of amides is 2. The molecule has 1 aromatic rings. The SMILES string of the molecule is CC(C)(C)COCc1ccc(CN2CCC(O)=C(C(=O)NCC(=O)O)C2=O)cc1. The van der Waals surface area contributed by atoms with Crippen molar-refractivity contribution in [2.24, 2.45) is 5.41 Å². The molecule has 29 heavy (non-hydrogen) atoms. The van der Waals surface area contributed by atoms with Crippen LogP contribution in [-0.4, -0.2) is 52.6 Å². The van der Waals surface area contributed by atoms with Gasteiger partial charge in [0, 0.05) is 19.5 Å². The number of nitrogens with zero attached hydrogens (tertiary/aromatic N) is 1. The fourth-order valence-electron chi connectivity index (χ4n) is 2.81. The van der Waals surface area contributed by atoms with Crippen LogP contribution in [0.1, 0.15) is 38.3 Å². The molecular weight excluding hydrogens is 376 g/mol. The van der Waals surface area contributed by atoms with Gasteiger partial charge in [0.15, 0.2) is 0 Å². The third kappa shape index (κ3) is 6.90. The molecule has 8 nitrogen and oxygen atoms in total. The quantitative estimate of drug-likeness (QED) is 0.571. The number of aliphatic hydroxyl groups is 1. The normalized spacial score (nSPS) is 14.9. The second-order valence-corrected chi connectivity index (χ2v) is 8.24. The first-order chi connectivity index (χ1) is 13.6. The highest BCUT2D eigenvalue weighted by molar-refractivity contribution is 6.19. The Balaban J connectivity index is 1.97. The molecule has 0 fully saturated rings. The number of carboxylic acids is 1. The number of hydrogen-bond acceptors (Lipinski definition) is 5. The Labute approximate surface area is 170 Å². The van der Waals surface area contributed by atoms with Crippen LogP contribution in [0.15, 0.2) is 35.6 Å². The van der Waals surface area contributed by atoms with E-state index in [0.717, 1.165) is 11.1 Å². The van der Waals surface area contributed by atoms with E-state index in [0.29, 0.717) is 13.2 Å². The maximum atomic E-state index is 12.6. The molecule has 0 unspecified atom stereocenters. The van der Waals surface area contributed by atoms with Crippen LogP contribution in [0, 0.1) is 5.41 Å². The highest BCUT2D eigenvalue weighted by Crippen LogP contribution is 2.20. The van der Waals surface area contributed by atoms with Crippen LogP contribution in [0.25, 0.3) is 0 Å². The van der Waals surface area contributed by atoms with Crippen molar-refractivity contribution in [1.82, 2.24) is 10.2 Å². The first-order valence-corrected chi connectivity index (χ1v) is 9.44. The molecule has 0 atom stereocenters. The van der Waals surface area contributed by atoms with E-state index in [9.17, 15) is 19.5 Å². The van der Waals surface area contributed by atoms with Crippen LogP contribution in [0.2, 0.25) is 0 Å². The number of carbonyl (C=O) groups is 3. The Morgan fingerprint density at radius 3 is 2.38 bits per heavy atom. The van der Waals surface area contributed by atoms with Crippen molar-refractivity contribution < 1.29 is 29.3 Å². The number of ether oxygens (including phenoxy) is 1. The Bertz CT molecular complexity index is 792. The van der Waals surface area contributed by atoms with Gasteiger partial charge in [-0.25, -0.2) is 0 Å². The lowest BCUT2D eigenvalue weighted by Crippen LogP contribution is -2.43. The molecular formula is C21H28N2O6. The van der Waals surface area contributed by atoms with Gasteiger partial charge in [-0.2, -0.15) is 0 Å². The maximum Gasteiger partial charge on any atom is 0.322 e. The summed E-state index contributed by atoms with van der Waals surface area (Å²) in [7, 11) is 0. The van der Waals surface area contributed by atoms with E-state index in [1.165, 1.54) is 4.90 Å². The number of rotatable bonds is 8. The van der Waals surface area contributed by atoms with E-state index in [1.54, 1.807) is 0 Å². The van der Waals surface area contributed by atoms with E-state index in [1.807, 2.05) is 24.3 Å². The number of nitrogens with one attached hydrogen (secondary N) is 1. The lowest BCUT2D eigenvalue weighted by Gasteiger charge is -2.28. The molecule has 3 N–H and O–H groups in total. The molecule has 1 heterocycles. The van der Waals surface area contributed by atoms with Gasteiger partial charge < -0.3 is 25.2 Å². The summed E-state index contributed by atoms with van der Waals surface area (Å²) >= 11 is 0. The molecule has 1 aliphatic rings. The summed E-state index contributed by atoms with van der Waals surface area (Å²) in [5, 5.41) is 20.7. The minimum Gasteiger partial charge on any atom is -0.511 e. The molecule has 2 rings (SSSR count). The van der Waals surface area contributed by atoms with Gasteiger partial charge in [-0.15, -0.1) is 0 Å². The van der Waals surface area contributed by atoms with E-state index >= 15 is 0 Å². The predicted molar refractivity (Wildman–Crippen MR) is 106 cm³/mol. The average Bonchev–Trinajstić information content (AvgIpc) is 2.63. The zero-order chi connectivity index (χ0) is 21.6. The van der Waals surface area contributed by atoms with Gasteiger partial charge >= 0.3 is 5.97 Å². The van der Waals surface area contributed by atoms with Gasteiger partial charge in [0.25, 0.3) is 11.8 Å². The van der Waals surface area contributed by atoms with Gasteiger partial charge in [-0.05, 0) is 16.5 Å². The minimum absolute atomic E-state index is 0.0993. The first-order valence-electron chi connectivity index (χ1n) is 9.44. The van der Waals surface area contributed by atoms with Crippen molar-refractivity contribution in [3.8, 4) is 0 Å². The fraction of sp³-hybridized carbons (Fsp3) is 0.476. The number of aliphatic carboxylic acids is 1. The minimum atomic E-state index is -1.23. The lowest BCUT2D eigenvalue weighted by molar-refractivity contribution is -0.138. The molecule has 2 amide bonds. The molecule has 0 aromatic heterocycles. The van der Waals surface area contributed by atoms with Gasteiger partial charge in [0.2, 0.25) is 0 Å². The van der Waals surface area contributed by atoms with E-state index in [-0.39, 0.29) is 30.7 Å². The van der Waals surface area contributed by atoms with E-state index in [2.05, 4.69) is 26.1 Å². The predicted octanol–water partition coefficient (Wildman–Crippen LogP) is 1.99. The van der Waals surface area contributed by atoms with Crippen molar-refractivity contribution in [3.05, 3.63) is 46.7 Å². The molecule has 0 spiro atoms. The summed E-state index contributed by atoms with van der Waals surface area (Å²) in [6.07, 6.45) is 0.139. The van der Waals surface area contributed by atoms with E-state index in [4.69, 9.17) is 9.84 Å². The van der Waals surface area contributed by atoms with Crippen LogP contribution < -0.4 is 5.32 Å². The summed E-state index contributed by atoms with van der Waals surface area (Å²) in [5.41, 5.74) is 1.60. The van der Waals surface area contributed by atoms with Gasteiger partial charge in [0.05, 0.1) is 13.2 Å². The highest BCUT2D eigenvalue weighted by Gasteiger charge is 2.32. The van der Waals surface area contributed by atoms with Crippen LogP contribution in [0.3, 0.4) is 0 Å². The summed E-state index contributed by atoms with van der Waals surface area (Å²) < 4.78 is 5.70. The molecule has 0 aliphatic carbocycles. The lowest BCUT2D eigenvalue weighted by atomic mass is 9.99. The number of carboxylic acid groups (broad SMARTS) is 1. The second-order valence-electron chi connectivity index (χ2n) is 8.24. The summed E-state index contributed by atoms with van der Waals surface area (Å²) in [4.78, 5) is 36.8. The summed E-state index contributed by atoms with van der Waals surface area (Å²) in [6.45, 7) is 7.41. The number of hydrogen-bond donors (Lipinski definition) is 3. The van der Waals surface area contributed by atoms with Gasteiger partial charge in [-0.3, -0.25) is 14.4 Å². The smallest absolute Gasteiger partial charge is 0.322 e.